The van der Waals surface area contributed by atoms with Crippen LogP contribution in [0, 0.1) is 5.92 Å². The maximum atomic E-state index is 13.2. The van der Waals surface area contributed by atoms with Crippen LogP contribution in [0.3, 0.4) is 0 Å². The van der Waals surface area contributed by atoms with E-state index < -0.39 is 0 Å². The summed E-state index contributed by atoms with van der Waals surface area (Å²) in [6.45, 7) is 6.00. The van der Waals surface area contributed by atoms with Crippen molar-refractivity contribution in [1.29, 1.82) is 0 Å². The quantitative estimate of drug-likeness (QED) is 0.742. The highest BCUT2D eigenvalue weighted by atomic mass is 35.5. The number of carbonyl (C=O) groups excluding carboxylic acids is 1. The fourth-order valence-electron chi connectivity index (χ4n) is 4.51. The zero-order chi connectivity index (χ0) is 18.9. The molecule has 1 fully saturated rings. The molecule has 1 aliphatic heterocycles. The van der Waals surface area contributed by atoms with E-state index in [0.29, 0.717) is 6.04 Å². The van der Waals surface area contributed by atoms with Crippen molar-refractivity contribution in [3.63, 3.8) is 0 Å². The van der Waals surface area contributed by atoms with Gasteiger partial charge in [-0.05, 0) is 43.4 Å². The van der Waals surface area contributed by atoms with Crippen LogP contribution in [0.25, 0.3) is 0 Å². The van der Waals surface area contributed by atoms with Gasteiger partial charge >= 0.3 is 0 Å². The van der Waals surface area contributed by atoms with E-state index in [1.807, 2.05) is 29.3 Å². The van der Waals surface area contributed by atoms with Gasteiger partial charge in [-0.1, -0.05) is 44.2 Å². The molecule has 158 valence electrons. The van der Waals surface area contributed by atoms with Crippen LogP contribution in [0.5, 0.6) is 0 Å². The standard InChI is InChI=1S/C23H29N3O.2ClH/c1-23(2)16-26(20-9-6-14-24-21(20)23)22(27)18-10-12-19(13-11-18)25-15-17-7-4-3-5-8-17;;/h3-9,14,18-19,25H,10-13,15-16H2,1-2H3;2*1H. The average molecular weight is 436 g/mol. The lowest BCUT2D eigenvalue weighted by molar-refractivity contribution is -0.123. The SMILES string of the molecule is CC1(C)CN(C(=O)C2CCC(NCc3ccccc3)CC2)c2cccnc21.Cl.Cl. The third-order valence-electron chi connectivity index (χ3n) is 6.05. The molecule has 2 heterocycles. The van der Waals surface area contributed by atoms with Crippen molar-refractivity contribution in [1.82, 2.24) is 10.3 Å². The summed E-state index contributed by atoms with van der Waals surface area (Å²) in [6, 6.07) is 15.0. The van der Waals surface area contributed by atoms with Gasteiger partial charge in [0, 0.05) is 36.7 Å². The summed E-state index contributed by atoms with van der Waals surface area (Å²) >= 11 is 0. The normalized spacial score (nSPS) is 22.2. The summed E-state index contributed by atoms with van der Waals surface area (Å²) in [7, 11) is 0. The molecule has 1 saturated carbocycles. The number of hydrogen-bond donors (Lipinski definition) is 1. The molecule has 1 aromatic heterocycles. The van der Waals surface area contributed by atoms with E-state index in [2.05, 4.69) is 48.4 Å². The van der Waals surface area contributed by atoms with E-state index in [0.717, 1.165) is 50.2 Å². The summed E-state index contributed by atoms with van der Waals surface area (Å²) in [4.78, 5) is 19.8. The van der Waals surface area contributed by atoms with Crippen molar-refractivity contribution >= 4 is 36.4 Å². The number of nitrogens with one attached hydrogen (secondary N) is 1. The van der Waals surface area contributed by atoms with Gasteiger partial charge in [0.15, 0.2) is 0 Å². The van der Waals surface area contributed by atoms with Crippen molar-refractivity contribution < 1.29 is 4.79 Å². The highest BCUT2D eigenvalue weighted by molar-refractivity contribution is 5.97. The van der Waals surface area contributed by atoms with Gasteiger partial charge < -0.3 is 10.2 Å². The van der Waals surface area contributed by atoms with E-state index in [9.17, 15) is 4.79 Å². The topological polar surface area (TPSA) is 45.2 Å². The second-order valence-corrected chi connectivity index (χ2v) is 8.59. The minimum atomic E-state index is -0.0688. The van der Waals surface area contributed by atoms with Gasteiger partial charge in [0.2, 0.25) is 5.91 Å². The molecule has 2 aromatic rings. The highest BCUT2D eigenvalue weighted by Gasteiger charge is 2.41. The summed E-state index contributed by atoms with van der Waals surface area (Å²) in [5, 5.41) is 3.66. The number of fused-ring (bicyclic) bond motifs is 1. The highest BCUT2D eigenvalue weighted by Crippen LogP contribution is 2.40. The first-order valence-electron chi connectivity index (χ1n) is 10.1. The molecule has 0 atom stereocenters. The van der Waals surface area contributed by atoms with Gasteiger partial charge in [-0.3, -0.25) is 9.78 Å². The van der Waals surface area contributed by atoms with Gasteiger partial charge in [-0.15, -0.1) is 24.8 Å². The molecule has 0 bridgehead atoms. The Bertz CT molecular complexity index is 805. The first kappa shape index (κ1) is 23.7. The van der Waals surface area contributed by atoms with Gasteiger partial charge in [0.1, 0.15) is 0 Å². The van der Waals surface area contributed by atoms with Crippen LogP contribution in [0.15, 0.2) is 48.7 Å². The number of benzene rings is 1. The van der Waals surface area contributed by atoms with Gasteiger partial charge in [0.25, 0.3) is 0 Å². The Balaban J connectivity index is 0.00000150. The largest absolute Gasteiger partial charge is 0.310 e. The molecule has 0 unspecified atom stereocenters. The Kier molecular flexibility index (Phi) is 8.10. The van der Waals surface area contributed by atoms with Crippen molar-refractivity contribution in [3.05, 3.63) is 59.9 Å². The third kappa shape index (κ3) is 5.11. The van der Waals surface area contributed by atoms with E-state index in [1.165, 1.54) is 5.56 Å². The summed E-state index contributed by atoms with van der Waals surface area (Å²) in [5.74, 6) is 0.429. The van der Waals surface area contributed by atoms with Crippen LogP contribution in [-0.2, 0) is 16.8 Å². The smallest absolute Gasteiger partial charge is 0.230 e. The summed E-state index contributed by atoms with van der Waals surface area (Å²) < 4.78 is 0. The van der Waals surface area contributed by atoms with E-state index in [4.69, 9.17) is 0 Å². The molecule has 1 aliphatic carbocycles. The fourth-order valence-corrected chi connectivity index (χ4v) is 4.51. The van der Waals surface area contributed by atoms with E-state index >= 15 is 0 Å². The maximum absolute atomic E-state index is 13.2. The molecule has 29 heavy (non-hydrogen) atoms. The van der Waals surface area contributed by atoms with Crippen molar-refractivity contribution in [2.24, 2.45) is 5.92 Å². The van der Waals surface area contributed by atoms with Crippen LogP contribution in [0.1, 0.15) is 50.8 Å². The fraction of sp³-hybridized carbons (Fsp3) is 0.478. The number of rotatable bonds is 4. The van der Waals surface area contributed by atoms with E-state index in [-0.39, 0.29) is 42.1 Å². The minimum Gasteiger partial charge on any atom is -0.310 e. The Labute approximate surface area is 186 Å². The molecule has 6 heteroatoms. The summed E-state index contributed by atoms with van der Waals surface area (Å²) in [5.41, 5.74) is 3.31. The number of amides is 1. The maximum Gasteiger partial charge on any atom is 0.230 e. The third-order valence-corrected chi connectivity index (χ3v) is 6.05. The lowest BCUT2D eigenvalue weighted by Crippen LogP contribution is -2.41. The van der Waals surface area contributed by atoms with Gasteiger partial charge in [-0.25, -0.2) is 0 Å². The summed E-state index contributed by atoms with van der Waals surface area (Å²) in [6.07, 6.45) is 5.91. The molecule has 0 radical (unpaired) electrons. The Morgan fingerprint density at radius 1 is 1.07 bits per heavy atom. The lowest BCUT2D eigenvalue weighted by Gasteiger charge is -2.31. The minimum absolute atomic E-state index is 0. The molecule has 1 amide bonds. The first-order chi connectivity index (χ1) is 13.0. The van der Waals surface area contributed by atoms with Crippen LogP contribution in [0.4, 0.5) is 5.69 Å². The van der Waals surface area contributed by atoms with Gasteiger partial charge in [0.05, 0.1) is 11.4 Å². The van der Waals surface area contributed by atoms with Gasteiger partial charge in [-0.2, -0.15) is 0 Å². The Morgan fingerprint density at radius 3 is 2.45 bits per heavy atom. The number of pyridine rings is 1. The zero-order valence-electron chi connectivity index (χ0n) is 17.1. The molecule has 0 spiro atoms. The van der Waals surface area contributed by atoms with Crippen molar-refractivity contribution in [3.8, 4) is 0 Å². The van der Waals surface area contributed by atoms with Crippen LogP contribution in [-0.4, -0.2) is 23.5 Å². The number of hydrogen-bond acceptors (Lipinski definition) is 3. The van der Waals surface area contributed by atoms with E-state index in [1.54, 1.807) is 0 Å². The molecule has 0 saturated heterocycles. The second kappa shape index (κ2) is 9.92. The Hall–Kier alpha value is -1.62. The van der Waals surface area contributed by atoms with Crippen molar-refractivity contribution in [2.45, 2.75) is 57.5 Å². The monoisotopic (exact) mass is 435 g/mol. The molecule has 1 aromatic carbocycles. The molecular weight excluding hydrogens is 405 g/mol. The molecular formula is C23H31Cl2N3O. The average Bonchev–Trinajstić information content (AvgIpc) is 2.98. The zero-order valence-corrected chi connectivity index (χ0v) is 18.8. The molecule has 2 aliphatic rings. The van der Waals surface area contributed by atoms with Crippen LogP contribution >= 0.6 is 24.8 Å². The Morgan fingerprint density at radius 2 is 1.76 bits per heavy atom. The predicted octanol–water partition coefficient (Wildman–Crippen LogP) is 4.90. The molecule has 1 N–H and O–H groups in total. The van der Waals surface area contributed by atoms with Crippen molar-refractivity contribution in [2.75, 3.05) is 11.4 Å². The van der Waals surface area contributed by atoms with Crippen LogP contribution in [0.2, 0.25) is 0 Å². The lowest BCUT2D eigenvalue weighted by atomic mass is 9.85. The number of carbonyl (C=O) groups is 1. The number of aromatic nitrogens is 1. The molecule has 4 rings (SSSR count). The number of anilines is 1. The van der Waals surface area contributed by atoms with Crippen LogP contribution < -0.4 is 10.2 Å². The molecule has 4 nitrogen and oxygen atoms in total. The predicted molar refractivity (Wildman–Crippen MR) is 123 cm³/mol. The number of nitrogens with zero attached hydrogens (tertiary/aromatic N) is 2. The second-order valence-electron chi connectivity index (χ2n) is 8.59. The number of halogens is 2. The first-order valence-corrected chi connectivity index (χ1v) is 10.1.